The van der Waals surface area contributed by atoms with Crippen molar-refractivity contribution in [3.8, 4) is 0 Å². The summed E-state index contributed by atoms with van der Waals surface area (Å²) < 4.78 is 36.8. The predicted octanol–water partition coefficient (Wildman–Crippen LogP) is 2.19. The topological polar surface area (TPSA) is 37.0 Å². The summed E-state index contributed by atoms with van der Waals surface area (Å²) in [5.74, 6) is 0. The van der Waals surface area contributed by atoms with Gasteiger partial charge in [-0.25, -0.2) is 0 Å². The van der Waals surface area contributed by atoms with Crippen molar-refractivity contribution in [3.63, 3.8) is 0 Å². The molecule has 0 unspecified atom stereocenters. The maximum Gasteiger partial charge on any atom is 0.417 e. The molecule has 18 heavy (non-hydrogen) atoms. The van der Waals surface area contributed by atoms with Gasteiger partial charge in [0.15, 0.2) is 0 Å². The molecule has 6 heteroatoms. The number of hydrogen-bond donors (Lipinski definition) is 2. The van der Waals surface area contributed by atoms with Crippen LogP contribution in [-0.2, 0) is 12.7 Å². The number of aromatic nitrogens is 1. The molecule has 0 saturated carbocycles. The fourth-order valence-electron chi connectivity index (χ4n) is 1.39. The van der Waals surface area contributed by atoms with Gasteiger partial charge in [-0.2, -0.15) is 13.2 Å². The van der Waals surface area contributed by atoms with E-state index in [0.717, 1.165) is 38.3 Å². The van der Waals surface area contributed by atoms with Gasteiger partial charge < -0.3 is 10.6 Å². The van der Waals surface area contributed by atoms with Gasteiger partial charge in [-0.1, -0.05) is 6.92 Å². The van der Waals surface area contributed by atoms with Gasteiger partial charge in [0, 0.05) is 25.8 Å². The van der Waals surface area contributed by atoms with Crippen LogP contribution >= 0.6 is 0 Å². The van der Waals surface area contributed by atoms with E-state index < -0.39 is 11.7 Å². The van der Waals surface area contributed by atoms with Crippen molar-refractivity contribution < 1.29 is 13.2 Å². The molecule has 1 aromatic heterocycles. The average molecular weight is 261 g/mol. The van der Waals surface area contributed by atoms with Crippen molar-refractivity contribution in [2.24, 2.45) is 0 Å². The van der Waals surface area contributed by atoms with Crippen LogP contribution < -0.4 is 10.6 Å². The number of nitrogens with zero attached hydrogens (tertiary/aromatic N) is 1. The highest BCUT2D eigenvalue weighted by molar-refractivity contribution is 5.16. The van der Waals surface area contributed by atoms with Crippen LogP contribution in [0.4, 0.5) is 13.2 Å². The minimum absolute atomic E-state index is 0.478. The quantitative estimate of drug-likeness (QED) is 0.739. The van der Waals surface area contributed by atoms with Gasteiger partial charge in [-0.15, -0.1) is 0 Å². The number of hydrogen-bond acceptors (Lipinski definition) is 3. The Morgan fingerprint density at radius 1 is 1.11 bits per heavy atom. The molecule has 1 rings (SSSR count). The van der Waals surface area contributed by atoms with Crippen LogP contribution in [0.1, 0.15) is 24.6 Å². The van der Waals surface area contributed by atoms with Crippen LogP contribution in [0.15, 0.2) is 18.3 Å². The van der Waals surface area contributed by atoms with Crippen LogP contribution in [0.5, 0.6) is 0 Å². The van der Waals surface area contributed by atoms with E-state index in [-0.39, 0.29) is 0 Å². The van der Waals surface area contributed by atoms with Gasteiger partial charge in [-0.05, 0) is 25.1 Å². The van der Waals surface area contributed by atoms with Gasteiger partial charge in [0.25, 0.3) is 0 Å². The fourth-order valence-corrected chi connectivity index (χ4v) is 1.39. The molecule has 0 saturated heterocycles. The first-order valence-corrected chi connectivity index (χ1v) is 5.97. The van der Waals surface area contributed by atoms with Gasteiger partial charge in [0.05, 0.1) is 11.3 Å². The van der Waals surface area contributed by atoms with Crippen LogP contribution in [0, 0.1) is 0 Å². The Morgan fingerprint density at radius 2 is 1.83 bits per heavy atom. The lowest BCUT2D eigenvalue weighted by Crippen LogP contribution is -2.27. The van der Waals surface area contributed by atoms with E-state index in [0.29, 0.717) is 12.2 Å². The smallest absolute Gasteiger partial charge is 0.315 e. The first-order chi connectivity index (χ1) is 8.54. The molecule has 102 valence electrons. The Balaban J connectivity index is 2.27. The minimum atomic E-state index is -4.32. The lowest BCUT2D eigenvalue weighted by Gasteiger charge is -2.08. The highest BCUT2D eigenvalue weighted by atomic mass is 19.4. The number of rotatable bonds is 7. The van der Waals surface area contributed by atoms with Crippen molar-refractivity contribution in [2.45, 2.75) is 26.1 Å². The Bertz CT molecular complexity index is 335. The standard InChI is InChI=1S/C12H18F3N3/c1-2-5-16-6-7-17-9-11-4-3-10(8-18-11)12(13,14)15/h3-4,8,16-17H,2,5-7,9H2,1H3. The Kier molecular flexibility index (Phi) is 6.07. The van der Waals surface area contributed by atoms with Crippen molar-refractivity contribution in [3.05, 3.63) is 29.6 Å². The third-order valence-corrected chi connectivity index (χ3v) is 2.36. The highest BCUT2D eigenvalue weighted by Crippen LogP contribution is 2.28. The zero-order chi connectivity index (χ0) is 13.4. The summed E-state index contributed by atoms with van der Waals surface area (Å²) >= 11 is 0. The molecular formula is C12H18F3N3. The van der Waals surface area contributed by atoms with E-state index >= 15 is 0 Å². The number of halogens is 3. The summed E-state index contributed by atoms with van der Waals surface area (Å²) in [5.41, 5.74) is -0.102. The normalized spacial score (nSPS) is 11.8. The molecule has 0 bridgehead atoms. The van der Waals surface area contributed by atoms with Crippen molar-refractivity contribution >= 4 is 0 Å². The third kappa shape index (κ3) is 5.46. The molecule has 0 aliphatic heterocycles. The van der Waals surface area contributed by atoms with Crippen molar-refractivity contribution in [1.29, 1.82) is 0 Å². The van der Waals surface area contributed by atoms with E-state index in [1.807, 2.05) is 0 Å². The lowest BCUT2D eigenvalue weighted by molar-refractivity contribution is -0.137. The van der Waals surface area contributed by atoms with E-state index in [9.17, 15) is 13.2 Å². The Hall–Kier alpha value is -1.14. The maximum atomic E-state index is 12.3. The summed E-state index contributed by atoms with van der Waals surface area (Å²) in [7, 11) is 0. The second-order valence-electron chi connectivity index (χ2n) is 3.96. The minimum Gasteiger partial charge on any atom is -0.315 e. The van der Waals surface area contributed by atoms with E-state index in [1.54, 1.807) is 0 Å². The Labute approximate surface area is 105 Å². The summed E-state index contributed by atoms with van der Waals surface area (Å²) in [6.45, 7) is 5.15. The molecule has 1 heterocycles. The summed E-state index contributed by atoms with van der Waals surface area (Å²) in [6.07, 6.45) is -2.37. The molecule has 1 aromatic rings. The molecule has 0 aromatic carbocycles. The summed E-state index contributed by atoms with van der Waals surface area (Å²) in [4.78, 5) is 3.78. The number of alkyl halides is 3. The monoisotopic (exact) mass is 261 g/mol. The van der Waals surface area contributed by atoms with Crippen LogP contribution in [-0.4, -0.2) is 24.6 Å². The zero-order valence-corrected chi connectivity index (χ0v) is 10.3. The fraction of sp³-hybridized carbons (Fsp3) is 0.583. The highest BCUT2D eigenvalue weighted by Gasteiger charge is 2.30. The van der Waals surface area contributed by atoms with Crippen LogP contribution in [0.3, 0.4) is 0 Å². The first-order valence-electron chi connectivity index (χ1n) is 5.97. The van der Waals surface area contributed by atoms with E-state index in [4.69, 9.17) is 0 Å². The molecule has 0 radical (unpaired) electrons. The predicted molar refractivity (Wildman–Crippen MR) is 64.1 cm³/mol. The lowest BCUT2D eigenvalue weighted by atomic mass is 10.2. The van der Waals surface area contributed by atoms with Gasteiger partial charge >= 0.3 is 6.18 Å². The van der Waals surface area contributed by atoms with Gasteiger partial charge in [-0.3, -0.25) is 4.98 Å². The average Bonchev–Trinajstić information content (AvgIpc) is 2.33. The van der Waals surface area contributed by atoms with Gasteiger partial charge in [0.2, 0.25) is 0 Å². The summed E-state index contributed by atoms with van der Waals surface area (Å²) in [6, 6.07) is 2.45. The molecule has 0 aliphatic rings. The maximum absolute atomic E-state index is 12.3. The van der Waals surface area contributed by atoms with Crippen LogP contribution in [0.25, 0.3) is 0 Å². The van der Waals surface area contributed by atoms with E-state index in [1.165, 1.54) is 6.07 Å². The summed E-state index contributed by atoms with van der Waals surface area (Å²) in [5, 5.41) is 6.33. The molecule has 0 aliphatic carbocycles. The molecular weight excluding hydrogens is 243 g/mol. The number of pyridine rings is 1. The molecule has 2 N–H and O–H groups in total. The third-order valence-electron chi connectivity index (χ3n) is 2.36. The molecule has 0 amide bonds. The molecule has 0 atom stereocenters. The second-order valence-corrected chi connectivity index (χ2v) is 3.96. The van der Waals surface area contributed by atoms with Gasteiger partial charge in [0.1, 0.15) is 0 Å². The largest absolute Gasteiger partial charge is 0.417 e. The van der Waals surface area contributed by atoms with E-state index in [2.05, 4.69) is 22.5 Å². The first kappa shape index (κ1) is 14.9. The zero-order valence-electron chi connectivity index (χ0n) is 10.3. The Morgan fingerprint density at radius 3 is 2.39 bits per heavy atom. The van der Waals surface area contributed by atoms with Crippen molar-refractivity contribution in [1.82, 2.24) is 15.6 Å². The number of nitrogens with one attached hydrogen (secondary N) is 2. The second kappa shape index (κ2) is 7.33. The molecule has 3 nitrogen and oxygen atoms in total. The van der Waals surface area contributed by atoms with Crippen LogP contribution in [0.2, 0.25) is 0 Å². The molecule has 0 fully saturated rings. The van der Waals surface area contributed by atoms with Crippen molar-refractivity contribution in [2.75, 3.05) is 19.6 Å². The molecule has 0 spiro atoms. The SMILES string of the molecule is CCCNCCNCc1ccc(C(F)(F)F)cn1.